The molecular formula is C19H28N4O2. The Kier molecular flexibility index (Phi) is 7.01. The first-order valence-electron chi connectivity index (χ1n) is 8.73. The van der Waals surface area contributed by atoms with Crippen LogP contribution in [-0.2, 0) is 11.3 Å². The zero-order chi connectivity index (χ0) is 18.2. The third kappa shape index (κ3) is 5.60. The van der Waals surface area contributed by atoms with Gasteiger partial charge in [0.15, 0.2) is 0 Å². The maximum Gasteiger partial charge on any atom is 0.319 e. The molecule has 0 aliphatic carbocycles. The lowest BCUT2D eigenvalue weighted by atomic mass is 10.1. The van der Waals surface area contributed by atoms with Crippen LogP contribution < -0.4 is 10.6 Å². The van der Waals surface area contributed by atoms with E-state index in [0.717, 1.165) is 23.5 Å². The fraction of sp³-hybridized carbons (Fsp3) is 0.474. The van der Waals surface area contributed by atoms with Gasteiger partial charge in [-0.2, -0.15) is 5.10 Å². The largest absolute Gasteiger partial charge is 0.382 e. The maximum absolute atomic E-state index is 12.1. The fourth-order valence-corrected chi connectivity index (χ4v) is 2.58. The molecule has 1 heterocycles. The molecule has 2 amide bonds. The lowest BCUT2D eigenvalue weighted by Crippen LogP contribution is -2.30. The number of aromatic nitrogens is 2. The molecule has 25 heavy (non-hydrogen) atoms. The molecular weight excluding hydrogens is 316 g/mol. The molecule has 2 aromatic rings. The minimum absolute atomic E-state index is 0.211. The van der Waals surface area contributed by atoms with E-state index in [1.165, 1.54) is 11.1 Å². The number of hydrogen-bond donors (Lipinski definition) is 2. The van der Waals surface area contributed by atoms with Gasteiger partial charge in [-0.15, -0.1) is 0 Å². The number of urea groups is 1. The van der Waals surface area contributed by atoms with E-state index in [1.54, 1.807) is 0 Å². The van der Waals surface area contributed by atoms with Gasteiger partial charge in [-0.05, 0) is 39.7 Å². The highest BCUT2D eigenvalue weighted by molar-refractivity contribution is 5.90. The second-order valence-corrected chi connectivity index (χ2v) is 6.12. The number of anilines is 1. The maximum atomic E-state index is 12.1. The fourth-order valence-electron chi connectivity index (χ4n) is 2.58. The number of benzene rings is 1. The Morgan fingerprint density at radius 2 is 1.92 bits per heavy atom. The third-order valence-corrected chi connectivity index (χ3v) is 4.03. The zero-order valence-electron chi connectivity index (χ0n) is 15.6. The lowest BCUT2D eigenvalue weighted by molar-refractivity contribution is 0.145. The van der Waals surface area contributed by atoms with Crippen LogP contribution in [0.3, 0.4) is 0 Å². The van der Waals surface area contributed by atoms with Gasteiger partial charge in [-0.3, -0.25) is 4.68 Å². The first-order chi connectivity index (χ1) is 12.0. The summed E-state index contributed by atoms with van der Waals surface area (Å²) < 4.78 is 7.18. The Morgan fingerprint density at radius 1 is 1.20 bits per heavy atom. The van der Waals surface area contributed by atoms with E-state index in [4.69, 9.17) is 4.74 Å². The second-order valence-electron chi connectivity index (χ2n) is 6.12. The quantitative estimate of drug-likeness (QED) is 0.721. The third-order valence-electron chi connectivity index (χ3n) is 4.03. The predicted molar refractivity (Wildman–Crippen MR) is 100 cm³/mol. The molecule has 6 heteroatoms. The summed E-state index contributed by atoms with van der Waals surface area (Å²) in [6, 6.07) is 8.18. The zero-order valence-corrected chi connectivity index (χ0v) is 15.6. The average Bonchev–Trinajstić information content (AvgIpc) is 2.84. The van der Waals surface area contributed by atoms with Crippen LogP contribution in [0.15, 0.2) is 24.3 Å². The molecule has 2 N–H and O–H groups in total. The lowest BCUT2D eigenvalue weighted by Gasteiger charge is -2.09. The molecule has 6 nitrogen and oxygen atoms in total. The molecule has 0 aliphatic heterocycles. The summed E-state index contributed by atoms with van der Waals surface area (Å²) in [5.41, 5.74) is 4.95. The van der Waals surface area contributed by atoms with Crippen molar-refractivity contribution in [1.29, 1.82) is 0 Å². The van der Waals surface area contributed by atoms with E-state index in [9.17, 15) is 4.79 Å². The molecule has 0 aliphatic rings. The van der Waals surface area contributed by atoms with E-state index >= 15 is 0 Å². The number of carbonyl (C=O) groups is 1. The summed E-state index contributed by atoms with van der Waals surface area (Å²) in [6.45, 7) is 10.5. The van der Waals surface area contributed by atoms with Crippen LogP contribution in [0.25, 0.3) is 0 Å². The van der Waals surface area contributed by atoms with E-state index in [0.29, 0.717) is 26.3 Å². The molecule has 0 atom stereocenters. The smallest absolute Gasteiger partial charge is 0.319 e. The van der Waals surface area contributed by atoms with Crippen molar-refractivity contribution in [3.8, 4) is 0 Å². The Labute approximate surface area is 149 Å². The number of hydrogen-bond acceptors (Lipinski definition) is 3. The first kappa shape index (κ1) is 19.0. The highest BCUT2D eigenvalue weighted by Crippen LogP contribution is 2.20. The van der Waals surface area contributed by atoms with Gasteiger partial charge in [-0.25, -0.2) is 4.79 Å². The highest BCUT2D eigenvalue weighted by Gasteiger charge is 2.14. The number of nitrogens with zero attached hydrogens (tertiary/aromatic N) is 2. The number of rotatable bonds is 8. The highest BCUT2D eigenvalue weighted by atomic mass is 16.5. The molecule has 0 spiro atoms. The van der Waals surface area contributed by atoms with Gasteiger partial charge >= 0.3 is 6.03 Å². The summed E-state index contributed by atoms with van der Waals surface area (Å²) in [4.78, 5) is 12.1. The molecule has 0 radical (unpaired) electrons. The van der Waals surface area contributed by atoms with Crippen LogP contribution in [0.5, 0.6) is 0 Å². The van der Waals surface area contributed by atoms with Gasteiger partial charge in [0, 0.05) is 19.8 Å². The summed E-state index contributed by atoms with van der Waals surface area (Å²) in [5.74, 6) is 0. The van der Waals surface area contributed by atoms with Gasteiger partial charge in [-0.1, -0.05) is 29.8 Å². The van der Waals surface area contributed by atoms with Crippen molar-refractivity contribution in [3.63, 3.8) is 0 Å². The van der Waals surface area contributed by atoms with Gasteiger partial charge < -0.3 is 15.4 Å². The van der Waals surface area contributed by atoms with Crippen molar-refractivity contribution in [2.75, 3.05) is 25.1 Å². The second kappa shape index (κ2) is 9.22. The van der Waals surface area contributed by atoms with Crippen LogP contribution in [0, 0.1) is 20.8 Å². The summed E-state index contributed by atoms with van der Waals surface area (Å²) >= 11 is 0. The number of amides is 2. The molecule has 0 fully saturated rings. The van der Waals surface area contributed by atoms with Crippen molar-refractivity contribution >= 4 is 11.7 Å². The van der Waals surface area contributed by atoms with E-state index < -0.39 is 0 Å². The molecule has 1 aromatic carbocycles. The molecule has 2 rings (SSSR count). The van der Waals surface area contributed by atoms with Crippen molar-refractivity contribution in [3.05, 3.63) is 46.8 Å². The Bertz CT molecular complexity index is 692. The normalized spacial score (nSPS) is 10.7. The van der Waals surface area contributed by atoms with Crippen molar-refractivity contribution in [1.82, 2.24) is 15.1 Å². The van der Waals surface area contributed by atoms with Crippen LogP contribution in [-0.4, -0.2) is 35.6 Å². The van der Waals surface area contributed by atoms with Crippen LogP contribution in [0.2, 0.25) is 0 Å². The van der Waals surface area contributed by atoms with Crippen molar-refractivity contribution in [2.45, 2.75) is 40.7 Å². The van der Waals surface area contributed by atoms with Crippen LogP contribution >= 0.6 is 0 Å². The topological polar surface area (TPSA) is 68.2 Å². The molecule has 0 saturated heterocycles. The average molecular weight is 344 g/mol. The number of aryl methyl sites for hydroxylation is 2. The van der Waals surface area contributed by atoms with Gasteiger partial charge in [0.25, 0.3) is 0 Å². The Balaban J connectivity index is 1.94. The monoisotopic (exact) mass is 344 g/mol. The van der Waals surface area contributed by atoms with E-state index in [2.05, 4.69) is 46.9 Å². The number of carbonyl (C=O) groups excluding carboxylic acids is 1. The Hall–Kier alpha value is -2.34. The molecule has 0 saturated carbocycles. The standard InChI is InChI=1S/C19H28N4O2/c1-5-25-12-6-11-20-19(24)21-18-15(3)22-23(16(18)4)13-17-9-7-14(2)8-10-17/h7-10H,5-6,11-13H2,1-4H3,(H2,20,21,24). The minimum atomic E-state index is -0.211. The summed E-state index contributed by atoms with van der Waals surface area (Å²) in [7, 11) is 0. The van der Waals surface area contributed by atoms with E-state index in [1.807, 2.05) is 25.5 Å². The van der Waals surface area contributed by atoms with Crippen molar-refractivity contribution < 1.29 is 9.53 Å². The first-order valence-corrected chi connectivity index (χ1v) is 8.73. The Morgan fingerprint density at radius 3 is 2.60 bits per heavy atom. The number of ether oxygens (including phenoxy) is 1. The molecule has 0 bridgehead atoms. The van der Waals surface area contributed by atoms with Crippen LogP contribution in [0.4, 0.5) is 10.5 Å². The van der Waals surface area contributed by atoms with Gasteiger partial charge in [0.1, 0.15) is 0 Å². The molecule has 1 aromatic heterocycles. The minimum Gasteiger partial charge on any atom is -0.382 e. The predicted octanol–water partition coefficient (Wildman–Crippen LogP) is 3.40. The molecule has 0 unspecified atom stereocenters. The summed E-state index contributed by atoms with van der Waals surface area (Å²) in [5, 5.41) is 10.3. The van der Waals surface area contributed by atoms with Crippen LogP contribution in [0.1, 0.15) is 35.9 Å². The van der Waals surface area contributed by atoms with Crippen molar-refractivity contribution in [2.24, 2.45) is 0 Å². The van der Waals surface area contributed by atoms with E-state index in [-0.39, 0.29) is 6.03 Å². The van der Waals surface area contributed by atoms with Gasteiger partial charge in [0.2, 0.25) is 0 Å². The SMILES string of the molecule is CCOCCCNC(=O)Nc1c(C)nn(Cc2ccc(C)cc2)c1C. The number of nitrogens with one attached hydrogen (secondary N) is 2. The molecule has 136 valence electrons. The van der Waals surface area contributed by atoms with Gasteiger partial charge in [0.05, 0.1) is 23.6 Å². The summed E-state index contributed by atoms with van der Waals surface area (Å²) in [6.07, 6.45) is 0.798.